The van der Waals surface area contributed by atoms with Gasteiger partial charge >= 0.3 is 23.7 Å². The third-order valence-corrected chi connectivity index (χ3v) is 3.78. The molecule has 0 unspecified atom stereocenters. The van der Waals surface area contributed by atoms with Crippen molar-refractivity contribution in [3.8, 4) is 0 Å². The van der Waals surface area contributed by atoms with Crippen molar-refractivity contribution in [2.45, 2.75) is 42.2 Å². The quantitative estimate of drug-likeness (QED) is 0.690. The van der Waals surface area contributed by atoms with Crippen molar-refractivity contribution in [1.82, 2.24) is 0 Å². The number of benzene rings is 1. The summed E-state index contributed by atoms with van der Waals surface area (Å²) in [5.41, 5.74) is -5.28. The molecule has 0 bridgehead atoms. The Bertz CT molecular complexity index is 524. The number of hydrogen-bond donors (Lipinski definition) is 0. The topological polar surface area (TPSA) is 0 Å². The van der Waals surface area contributed by atoms with Crippen LogP contribution in [0.15, 0.2) is 30.3 Å². The lowest BCUT2D eigenvalue weighted by atomic mass is 9.89. The van der Waals surface area contributed by atoms with Crippen LogP contribution in [0.1, 0.15) is 12.0 Å². The highest BCUT2D eigenvalue weighted by molar-refractivity contribution is 5.28. The average Bonchev–Trinajstić information content (AvgIpc) is 2.48. The Morgan fingerprint density at radius 2 is 1.00 bits per heavy atom. The van der Waals surface area contributed by atoms with Crippen molar-refractivity contribution < 1.29 is 39.5 Å². The molecule has 0 heterocycles. The maximum atomic E-state index is 14.1. The number of alkyl halides is 9. The molecule has 9 heteroatoms. The van der Waals surface area contributed by atoms with Crippen LogP contribution in [-0.2, 0) is 6.42 Å². The highest BCUT2D eigenvalue weighted by Gasteiger charge is 3.00. The van der Waals surface area contributed by atoms with Crippen LogP contribution in [0.5, 0.6) is 0 Å². The largest absolute Gasteiger partial charge is 0.381 e. The SMILES string of the molecule is FC1(F)C(F)(F)C(F)(F)C(F)(CCc2ccccc2)C1(F)F. The zero-order valence-corrected chi connectivity index (χ0v) is 10.7. The summed E-state index contributed by atoms with van der Waals surface area (Å²) in [5, 5.41) is 0. The summed E-state index contributed by atoms with van der Waals surface area (Å²) >= 11 is 0. The molecule has 1 saturated carbocycles. The zero-order valence-electron chi connectivity index (χ0n) is 10.7. The van der Waals surface area contributed by atoms with Gasteiger partial charge in [0.25, 0.3) is 0 Å². The van der Waals surface area contributed by atoms with Gasteiger partial charge in [-0.05, 0) is 18.4 Å². The van der Waals surface area contributed by atoms with Crippen molar-refractivity contribution in [3.05, 3.63) is 35.9 Å². The number of aryl methyl sites for hydroxylation is 1. The van der Waals surface area contributed by atoms with Gasteiger partial charge in [0.05, 0.1) is 0 Å². The molecular weight excluding hydrogens is 327 g/mol. The molecule has 0 radical (unpaired) electrons. The molecule has 1 aliphatic carbocycles. The van der Waals surface area contributed by atoms with Gasteiger partial charge in [-0.1, -0.05) is 30.3 Å². The molecule has 0 N–H and O–H groups in total. The summed E-state index contributed by atoms with van der Waals surface area (Å²) < 4.78 is 120. The van der Waals surface area contributed by atoms with Gasteiger partial charge in [0, 0.05) is 0 Å². The number of halogens is 9. The van der Waals surface area contributed by atoms with Gasteiger partial charge in [0.2, 0.25) is 5.67 Å². The normalized spacial score (nSPS) is 26.8. The molecular formula is C13H9F9. The summed E-state index contributed by atoms with van der Waals surface area (Å²) in [6.45, 7) is 0. The number of hydrogen-bond acceptors (Lipinski definition) is 0. The lowest BCUT2D eigenvalue weighted by Gasteiger charge is -2.30. The van der Waals surface area contributed by atoms with Crippen molar-refractivity contribution in [1.29, 1.82) is 0 Å². The van der Waals surface area contributed by atoms with Crippen LogP contribution in [0, 0.1) is 0 Å². The molecule has 2 rings (SSSR count). The van der Waals surface area contributed by atoms with Crippen LogP contribution < -0.4 is 0 Å². The first-order valence-corrected chi connectivity index (χ1v) is 6.07. The Morgan fingerprint density at radius 1 is 0.591 bits per heavy atom. The van der Waals surface area contributed by atoms with Crippen LogP contribution in [-0.4, -0.2) is 29.4 Å². The highest BCUT2D eigenvalue weighted by atomic mass is 19.4. The second kappa shape index (κ2) is 4.55. The fourth-order valence-corrected chi connectivity index (χ4v) is 2.36. The third-order valence-electron chi connectivity index (χ3n) is 3.78. The Kier molecular flexibility index (Phi) is 3.50. The van der Waals surface area contributed by atoms with E-state index in [-0.39, 0.29) is 5.56 Å². The van der Waals surface area contributed by atoms with E-state index in [1.807, 2.05) is 0 Å². The lowest BCUT2D eigenvalue weighted by Crippen LogP contribution is -2.54. The lowest BCUT2D eigenvalue weighted by molar-refractivity contribution is -0.303. The molecule has 0 atom stereocenters. The predicted octanol–water partition coefficient (Wildman–Crippen LogP) is 4.88. The first-order chi connectivity index (χ1) is 9.83. The van der Waals surface area contributed by atoms with Gasteiger partial charge in [0.15, 0.2) is 0 Å². The van der Waals surface area contributed by atoms with Crippen molar-refractivity contribution in [2.24, 2.45) is 0 Å². The third kappa shape index (κ3) is 1.73. The van der Waals surface area contributed by atoms with Crippen LogP contribution >= 0.6 is 0 Å². The van der Waals surface area contributed by atoms with E-state index in [1.54, 1.807) is 0 Å². The molecule has 124 valence electrons. The minimum atomic E-state index is -6.49. The second-order valence-electron chi connectivity index (χ2n) is 5.08. The number of rotatable bonds is 3. The minimum absolute atomic E-state index is 0.0738. The van der Waals surface area contributed by atoms with E-state index in [1.165, 1.54) is 30.3 Å². The van der Waals surface area contributed by atoms with Crippen molar-refractivity contribution in [2.75, 3.05) is 0 Å². The van der Waals surface area contributed by atoms with Gasteiger partial charge in [-0.15, -0.1) is 0 Å². The summed E-state index contributed by atoms with van der Waals surface area (Å²) in [5.74, 6) is -25.4. The molecule has 0 spiro atoms. The summed E-state index contributed by atoms with van der Waals surface area (Å²) in [7, 11) is 0. The van der Waals surface area contributed by atoms with E-state index < -0.39 is 42.2 Å². The fraction of sp³-hybridized carbons (Fsp3) is 0.538. The van der Waals surface area contributed by atoms with E-state index >= 15 is 0 Å². The van der Waals surface area contributed by atoms with E-state index in [9.17, 15) is 39.5 Å². The smallest absolute Gasteiger partial charge is 0.230 e. The fourth-order valence-electron chi connectivity index (χ4n) is 2.36. The van der Waals surface area contributed by atoms with Crippen LogP contribution in [0.4, 0.5) is 39.5 Å². The first kappa shape index (κ1) is 17.0. The Morgan fingerprint density at radius 3 is 1.41 bits per heavy atom. The van der Waals surface area contributed by atoms with Crippen LogP contribution in [0.2, 0.25) is 0 Å². The van der Waals surface area contributed by atoms with Gasteiger partial charge in [-0.3, -0.25) is 0 Å². The predicted molar refractivity (Wildman–Crippen MR) is 58.4 cm³/mol. The molecule has 0 saturated heterocycles. The van der Waals surface area contributed by atoms with Crippen LogP contribution in [0.3, 0.4) is 0 Å². The molecule has 0 amide bonds. The monoisotopic (exact) mass is 336 g/mol. The van der Waals surface area contributed by atoms with Crippen molar-refractivity contribution in [3.63, 3.8) is 0 Å². The average molecular weight is 336 g/mol. The molecule has 1 fully saturated rings. The molecule has 1 aromatic rings. The van der Waals surface area contributed by atoms with Gasteiger partial charge < -0.3 is 0 Å². The molecule has 0 aromatic heterocycles. The van der Waals surface area contributed by atoms with Crippen LogP contribution in [0.25, 0.3) is 0 Å². The summed E-state index contributed by atoms with van der Waals surface area (Å²) in [6.07, 6.45) is -2.70. The molecule has 0 aliphatic heterocycles. The molecule has 1 aliphatic rings. The molecule has 1 aromatic carbocycles. The van der Waals surface area contributed by atoms with E-state index in [4.69, 9.17) is 0 Å². The molecule has 22 heavy (non-hydrogen) atoms. The van der Waals surface area contributed by atoms with E-state index in [2.05, 4.69) is 0 Å². The maximum absolute atomic E-state index is 14.1. The summed E-state index contributed by atoms with van der Waals surface area (Å²) in [4.78, 5) is 0. The molecule has 0 nitrogen and oxygen atoms in total. The standard InChI is InChI=1S/C13H9F9/c14-9(7-6-8-4-2-1-3-5-8)10(15,16)12(19,20)13(21,22)11(9,17)18/h1-5H,6-7H2. The summed E-state index contributed by atoms with van der Waals surface area (Å²) in [6, 6.07) is 6.70. The first-order valence-electron chi connectivity index (χ1n) is 6.07. The van der Waals surface area contributed by atoms with Gasteiger partial charge in [-0.2, -0.15) is 35.1 Å². The Hall–Kier alpha value is -1.41. The Balaban J connectivity index is 2.43. The zero-order chi connectivity index (χ0) is 17.0. The second-order valence-corrected chi connectivity index (χ2v) is 5.08. The van der Waals surface area contributed by atoms with Crippen molar-refractivity contribution >= 4 is 0 Å². The van der Waals surface area contributed by atoms with Gasteiger partial charge in [0.1, 0.15) is 0 Å². The van der Waals surface area contributed by atoms with E-state index in [0.717, 1.165) is 0 Å². The highest BCUT2D eigenvalue weighted by Crippen LogP contribution is 2.70. The maximum Gasteiger partial charge on any atom is 0.381 e. The minimum Gasteiger partial charge on any atom is -0.230 e. The van der Waals surface area contributed by atoms with E-state index in [0.29, 0.717) is 0 Å². The van der Waals surface area contributed by atoms with Gasteiger partial charge in [-0.25, -0.2) is 4.39 Å². The Labute approximate surface area is 118 Å².